The number of aromatic nitrogens is 1. The van der Waals surface area contributed by atoms with E-state index in [-0.39, 0.29) is 6.04 Å². The molecule has 2 aromatic rings. The highest BCUT2D eigenvalue weighted by Crippen LogP contribution is 2.32. The minimum atomic E-state index is 0.179. The molecule has 0 spiro atoms. The highest BCUT2D eigenvalue weighted by atomic mass is 16.6. The quantitative estimate of drug-likeness (QED) is 0.917. The van der Waals surface area contributed by atoms with Crippen LogP contribution in [0.4, 0.5) is 0 Å². The molecule has 0 bridgehead atoms. The molecule has 1 aromatic heterocycles. The van der Waals surface area contributed by atoms with Crippen molar-refractivity contribution in [1.29, 1.82) is 0 Å². The number of hydrogen-bond donors (Lipinski definition) is 1. The van der Waals surface area contributed by atoms with Gasteiger partial charge in [0.1, 0.15) is 19.0 Å². The van der Waals surface area contributed by atoms with Gasteiger partial charge in [0.15, 0.2) is 11.5 Å². The first-order chi connectivity index (χ1) is 10.3. The maximum atomic E-state index is 5.61. The van der Waals surface area contributed by atoms with Crippen LogP contribution >= 0.6 is 0 Å². The monoisotopic (exact) mass is 288 g/mol. The van der Waals surface area contributed by atoms with Crippen LogP contribution in [-0.2, 0) is 13.0 Å². The molecule has 0 aliphatic carbocycles. The number of oxazole rings is 1. The second-order valence-electron chi connectivity index (χ2n) is 5.08. The van der Waals surface area contributed by atoms with Crippen LogP contribution < -0.4 is 14.8 Å². The summed E-state index contributed by atoms with van der Waals surface area (Å²) < 4.78 is 16.7. The predicted octanol–water partition coefficient (Wildman–Crippen LogP) is 2.86. The number of aryl methyl sites for hydroxylation is 1. The maximum Gasteiger partial charge on any atom is 0.208 e. The molecule has 0 amide bonds. The van der Waals surface area contributed by atoms with Crippen LogP contribution in [0, 0.1) is 0 Å². The largest absolute Gasteiger partial charge is 0.486 e. The summed E-state index contributed by atoms with van der Waals surface area (Å²) >= 11 is 0. The first kappa shape index (κ1) is 13.9. The number of nitrogens with one attached hydrogen (secondary N) is 1. The molecule has 5 heteroatoms. The molecule has 0 saturated heterocycles. The first-order valence-corrected chi connectivity index (χ1v) is 7.32. The van der Waals surface area contributed by atoms with E-state index < -0.39 is 0 Å². The highest BCUT2D eigenvalue weighted by molar-refractivity contribution is 5.44. The van der Waals surface area contributed by atoms with Crippen LogP contribution in [0.15, 0.2) is 28.8 Å². The van der Waals surface area contributed by atoms with Gasteiger partial charge >= 0.3 is 0 Å². The van der Waals surface area contributed by atoms with Crippen molar-refractivity contribution in [2.45, 2.75) is 32.9 Å². The second-order valence-corrected chi connectivity index (χ2v) is 5.08. The van der Waals surface area contributed by atoms with Gasteiger partial charge in [0.05, 0.1) is 12.7 Å². The van der Waals surface area contributed by atoms with E-state index in [4.69, 9.17) is 13.9 Å². The normalized spacial score (nSPS) is 15.0. The van der Waals surface area contributed by atoms with E-state index in [1.165, 1.54) is 0 Å². The van der Waals surface area contributed by atoms with Gasteiger partial charge in [-0.2, -0.15) is 0 Å². The molecule has 0 radical (unpaired) electrons. The summed E-state index contributed by atoms with van der Waals surface area (Å²) in [6.45, 7) is 5.98. The van der Waals surface area contributed by atoms with Gasteiger partial charge < -0.3 is 19.2 Å². The topological polar surface area (TPSA) is 56.5 Å². The Labute approximate surface area is 124 Å². The molecule has 3 rings (SSSR count). The Hall–Kier alpha value is -2.01. The number of rotatable bonds is 5. The summed E-state index contributed by atoms with van der Waals surface area (Å²) in [6.07, 6.45) is 2.65. The zero-order valence-corrected chi connectivity index (χ0v) is 12.4. The number of benzene rings is 1. The van der Waals surface area contributed by atoms with Crippen molar-refractivity contribution in [2.75, 3.05) is 13.2 Å². The van der Waals surface area contributed by atoms with Gasteiger partial charge in [-0.1, -0.05) is 13.0 Å². The molecule has 1 atom stereocenters. The van der Waals surface area contributed by atoms with E-state index >= 15 is 0 Å². The van der Waals surface area contributed by atoms with Crippen LogP contribution in [0.2, 0.25) is 0 Å². The Morgan fingerprint density at radius 3 is 2.81 bits per heavy atom. The molecule has 1 aromatic carbocycles. The lowest BCUT2D eigenvalue weighted by Gasteiger charge is -2.20. The molecule has 2 heterocycles. The average Bonchev–Trinajstić information content (AvgIpc) is 3.00. The fourth-order valence-electron chi connectivity index (χ4n) is 2.28. The molecular formula is C16H20N2O3. The molecule has 1 aliphatic heterocycles. The fraction of sp³-hybridized carbons (Fsp3) is 0.438. The Morgan fingerprint density at radius 2 is 2.05 bits per heavy atom. The number of ether oxygens (including phenoxy) is 2. The van der Waals surface area contributed by atoms with E-state index in [0.717, 1.165) is 35.1 Å². The molecule has 0 saturated carbocycles. The van der Waals surface area contributed by atoms with Crippen molar-refractivity contribution in [2.24, 2.45) is 0 Å². The molecule has 0 fully saturated rings. The standard InChI is InChI=1S/C16H20N2O3/c1-3-13-9-18-16(21-13)10-17-11(2)12-4-5-14-15(8-12)20-7-6-19-14/h4-5,8-9,11,17H,3,6-7,10H2,1-2H3. The van der Waals surface area contributed by atoms with Gasteiger partial charge in [-0.15, -0.1) is 0 Å². The van der Waals surface area contributed by atoms with Gasteiger partial charge in [0.25, 0.3) is 0 Å². The maximum absolute atomic E-state index is 5.61. The highest BCUT2D eigenvalue weighted by Gasteiger charge is 2.14. The Morgan fingerprint density at radius 1 is 1.24 bits per heavy atom. The smallest absolute Gasteiger partial charge is 0.208 e. The van der Waals surface area contributed by atoms with Crippen molar-refractivity contribution >= 4 is 0 Å². The molecule has 21 heavy (non-hydrogen) atoms. The van der Waals surface area contributed by atoms with E-state index in [0.29, 0.717) is 19.8 Å². The summed E-state index contributed by atoms with van der Waals surface area (Å²) in [7, 11) is 0. The van der Waals surface area contributed by atoms with Crippen LogP contribution in [0.3, 0.4) is 0 Å². The van der Waals surface area contributed by atoms with Crippen molar-refractivity contribution in [3.63, 3.8) is 0 Å². The van der Waals surface area contributed by atoms with Crippen molar-refractivity contribution in [3.8, 4) is 11.5 Å². The molecule has 5 nitrogen and oxygen atoms in total. The van der Waals surface area contributed by atoms with Gasteiger partial charge in [-0.05, 0) is 24.6 Å². The molecule has 112 valence electrons. The minimum Gasteiger partial charge on any atom is -0.486 e. The summed E-state index contributed by atoms with van der Waals surface area (Å²) in [5, 5.41) is 3.41. The summed E-state index contributed by atoms with van der Waals surface area (Å²) in [5.41, 5.74) is 1.15. The SMILES string of the molecule is CCc1cnc(CNC(C)c2ccc3c(c2)OCCO3)o1. The van der Waals surface area contributed by atoms with Crippen molar-refractivity contribution in [3.05, 3.63) is 41.6 Å². The number of nitrogens with zero attached hydrogens (tertiary/aromatic N) is 1. The summed E-state index contributed by atoms with van der Waals surface area (Å²) in [4.78, 5) is 4.25. The first-order valence-electron chi connectivity index (χ1n) is 7.32. The molecular weight excluding hydrogens is 268 g/mol. The lowest BCUT2D eigenvalue weighted by molar-refractivity contribution is 0.171. The van der Waals surface area contributed by atoms with Crippen LogP contribution in [0.5, 0.6) is 11.5 Å². The lowest BCUT2D eigenvalue weighted by atomic mass is 10.1. The number of fused-ring (bicyclic) bond motifs is 1. The van der Waals surface area contributed by atoms with Crippen LogP contribution in [0.1, 0.15) is 37.1 Å². The molecule has 1 aliphatic rings. The zero-order valence-electron chi connectivity index (χ0n) is 12.4. The van der Waals surface area contributed by atoms with Gasteiger partial charge in [0.2, 0.25) is 5.89 Å². The fourth-order valence-corrected chi connectivity index (χ4v) is 2.28. The average molecular weight is 288 g/mol. The van der Waals surface area contributed by atoms with Gasteiger partial charge in [0, 0.05) is 12.5 Å². The Balaban J connectivity index is 1.63. The Kier molecular flexibility index (Phi) is 4.10. The third kappa shape index (κ3) is 3.19. The van der Waals surface area contributed by atoms with Gasteiger partial charge in [-0.25, -0.2) is 4.98 Å². The van der Waals surface area contributed by atoms with Crippen molar-refractivity contribution in [1.82, 2.24) is 10.3 Å². The van der Waals surface area contributed by atoms with E-state index in [1.807, 2.05) is 12.1 Å². The summed E-state index contributed by atoms with van der Waals surface area (Å²) in [6, 6.07) is 6.22. The van der Waals surface area contributed by atoms with E-state index in [2.05, 4.69) is 30.2 Å². The predicted molar refractivity (Wildman–Crippen MR) is 78.6 cm³/mol. The third-order valence-corrected chi connectivity index (χ3v) is 3.58. The molecule has 1 unspecified atom stereocenters. The lowest BCUT2D eigenvalue weighted by Crippen LogP contribution is -2.19. The minimum absolute atomic E-state index is 0.179. The third-order valence-electron chi connectivity index (χ3n) is 3.58. The van der Waals surface area contributed by atoms with E-state index in [9.17, 15) is 0 Å². The number of hydrogen-bond acceptors (Lipinski definition) is 5. The van der Waals surface area contributed by atoms with E-state index in [1.54, 1.807) is 6.20 Å². The molecule has 1 N–H and O–H groups in total. The summed E-state index contributed by atoms with van der Waals surface area (Å²) in [5.74, 6) is 3.27. The van der Waals surface area contributed by atoms with Crippen LogP contribution in [0.25, 0.3) is 0 Å². The zero-order chi connectivity index (χ0) is 14.7. The van der Waals surface area contributed by atoms with Gasteiger partial charge in [-0.3, -0.25) is 0 Å². The van der Waals surface area contributed by atoms with Crippen LogP contribution in [-0.4, -0.2) is 18.2 Å². The van der Waals surface area contributed by atoms with Crippen molar-refractivity contribution < 1.29 is 13.9 Å². The Bertz CT molecular complexity index is 609. The second kappa shape index (κ2) is 6.18.